The number of hydrogen-bond donors (Lipinski definition) is 1. The zero-order valence-corrected chi connectivity index (χ0v) is 11.1. The molecule has 0 saturated carbocycles. The Balaban J connectivity index is 2.36. The van der Waals surface area contributed by atoms with Crippen molar-refractivity contribution in [2.45, 2.75) is 23.8 Å². The molecule has 1 saturated heterocycles. The first-order chi connectivity index (χ1) is 8.43. The van der Waals surface area contributed by atoms with Crippen LogP contribution in [0.4, 0.5) is 0 Å². The predicted molar refractivity (Wildman–Crippen MR) is 67.6 cm³/mol. The van der Waals surface area contributed by atoms with Gasteiger partial charge in [0.1, 0.15) is 6.04 Å². The fourth-order valence-corrected chi connectivity index (χ4v) is 3.84. The van der Waals surface area contributed by atoms with Crippen LogP contribution in [0.1, 0.15) is 12.8 Å². The standard InChI is InChI=1S/C11H13ClN2O3S/c12-8-3-5-9(6-4-8)18(16,17)14-7-1-2-10(14)11(13)15/h3-6,10H,1-2,7H2,(H2,13,15)/t10-/m1/s1. The van der Waals surface area contributed by atoms with Crippen LogP contribution in [0.5, 0.6) is 0 Å². The molecule has 0 aromatic heterocycles. The third-order valence-electron chi connectivity index (χ3n) is 2.95. The van der Waals surface area contributed by atoms with Crippen molar-refractivity contribution in [3.8, 4) is 0 Å². The Morgan fingerprint density at radius 2 is 1.94 bits per heavy atom. The normalized spacial score (nSPS) is 21.1. The lowest BCUT2D eigenvalue weighted by Crippen LogP contribution is -2.43. The monoisotopic (exact) mass is 288 g/mol. The molecule has 18 heavy (non-hydrogen) atoms. The number of nitrogens with zero attached hydrogens (tertiary/aromatic N) is 1. The zero-order valence-electron chi connectivity index (χ0n) is 9.54. The van der Waals surface area contributed by atoms with E-state index in [1.54, 1.807) is 0 Å². The van der Waals surface area contributed by atoms with Gasteiger partial charge >= 0.3 is 0 Å². The van der Waals surface area contributed by atoms with Crippen LogP contribution < -0.4 is 5.73 Å². The Labute approximate surface area is 111 Å². The van der Waals surface area contributed by atoms with Gasteiger partial charge in [-0.15, -0.1) is 0 Å². The summed E-state index contributed by atoms with van der Waals surface area (Å²) in [5.74, 6) is -0.606. The van der Waals surface area contributed by atoms with Crippen LogP contribution in [0.25, 0.3) is 0 Å². The molecule has 2 rings (SSSR count). The third kappa shape index (κ3) is 2.36. The van der Waals surface area contributed by atoms with E-state index in [4.69, 9.17) is 17.3 Å². The molecule has 98 valence electrons. The van der Waals surface area contributed by atoms with E-state index >= 15 is 0 Å². The molecule has 1 aromatic rings. The highest BCUT2D eigenvalue weighted by molar-refractivity contribution is 7.89. The second-order valence-electron chi connectivity index (χ2n) is 4.13. The van der Waals surface area contributed by atoms with Crippen molar-refractivity contribution in [2.75, 3.05) is 6.54 Å². The van der Waals surface area contributed by atoms with Crippen molar-refractivity contribution >= 4 is 27.5 Å². The van der Waals surface area contributed by atoms with Crippen LogP contribution in [0.3, 0.4) is 0 Å². The predicted octanol–water partition coefficient (Wildman–Crippen LogP) is 0.978. The Bertz CT molecular complexity index is 556. The molecule has 1 atom stereocenters. The van der Waals surface area contributed by atoms with Gasteiger partial charge in [0.25, 0.3) is 0 Å². The molecule has 0 unspecified atom stereocenters. The minimum atomic E-state index is -3.68. The first-order valence-corrected chi connectivity index (χ1v) is 7.31. The van der Waals surface area contributed by atoms with Crippen LogP contribution in [0.2, 0.25) is 5.02 Å². The summed E-state index contributed by atoms with van der Waals surface area (Å²) in [6.45, 7) is 0.318. The number of halogens is 1. The van der Waals surface area contributed by atoms with E-state index in [0.717, 1.165) is 0 Å². The minimum absolute atomic E-state index is 0.125. The summed E-state index contributed by atoms with van der Waals surface area (Å²) in [5, 5.41) is 0.460. The molecule has 2 N–H and O–H groups in total. The first-order valence-electron chi connectivity index (χ1n) is 5.49. The zero-order chi connectivity index (χ0) is 13.3. The molecule has 1 heterocycles. The Morgan fingerprint density at radius 1 is 1.33 bits per heavy atom. The average Bonchev–Trinajstić information content (AvgIpc) is 2.79. The smallest absolute Gasteiger partial charge is 0.243 e. The average molecular weight is 289 g/mol. The van der Waals surface area contributed by atoms with E-state index in [9.17, 15) is 13.2 Å². The number of carbonyl (C=O) groups excluding carboxylic acids is 1. The SMILES string of the molecule is NC(=O)[C@H]1CCCN1S(=O)(=O)c1ccc(Cl)cc1. The van der Waals surface area contributed by atoms with Crippen molar-refractivity contribution < 1.29 is 13.2 Å². The molecule has 0 radical (unpaired) electrons. The van der Waals surface area contributed by atoms with Crippen LogP contribution >= 0.6 is 11.6 Å². The van der Waals surface area contributed by atoms with Gasteiger partial charge in [0.15, 0.2) is 0 Å². The number of amides is 1. The van der Waals surface area contributed by atoms with E-state index in [2.05, 4.69) is 0 Å². The van der Waals surface area contributed by atoms with Crippen molar-refractivity contribution in [3.63, 3.8) is 0 Å². The van der Waals surface area contributed by atoms with Crippen molar-refractivity contribution in [1.29, 1.82) is 0 Å². The summed E-state index contributed by atoms with van der Waals surface area (Å²) in [6, 6.07) is 5.11. The van der Waals surface area contributed by atoms with Crippen LogP contribution in [0, 0.1) is 0 Å². The molecular weight excluding hydrogens is 276 g/mol. The van der Waals surface area contributed by atoms with Gasteiger partial charge in [0.05, 0.1) is 4.90 Å². The summed E-state index contributed by atoms with van der Waals surface area (Å²) in [5.41, 5.74) is 5.22. The largest absolute Gasteiger partial charge is 0.368 e. The molecule has 1 fully saturated rings. The van der Waals surface area contributed by atoms with Crippen molar-refractivity contribution in [2.24, 2.45) is 5.73 Å². The minimum Gasteiger partial charge on any atom is -0.368 e. The van der Waals surface area contributed by atoms with Gasteiger partial charge in [-0.3, -0.25) is 4.79 Å². The van der Waals surface area contributed by atoms with Gasteiger partial charge in [0.2, 0.25) is 15.9 Å². The van der Waals surface area contributed by atoms with E-state index in [-0.39, 0.29) is 4.90 Å². The number of primary amides is 1. The van der Waals surface area contributed by atoms with Crippen molar-refractivity contribution in [3.05, 3.63) is 29.3 Å². The number of carbonyl (C=O) groups is 1. The molecule has 0 spiro atoms. The van der Waals surface area contributed by atoms with Gasteiger partial charge in [-0.1, -0.05) is 11.6 Å². The van der Waals surface area contributed by atoms with Crippen LogP contribution in [0.15, 0.2) is 29.2 Å². The Morgan fingerprint density at radius 3 is 2.50 bits per heavy atom. The second kappa shape index (κ2) is 4.87. The Hall–Kier alpha value is -1.11. The van der Waals surface area contributed by atoms with Gasteiger partial charge < -0.3 is 5.73 Å². The Kier molecular flexibility index (Phi) is 3.61. The van der Waals surface area contributed by atoms with Crippen LogP contribution in [-0.4, -0.2) is 31.2 Å². The maximum absolute atomic E-state index is 12.3. The molecule has 7 heteroatoms. The van der Waals surface area contributed by atoms with E-state index in [1.807, 2.05) is 0 Å². The molecule has 1 aromatic carbocycles. The summed E-state index contributed by atoms with van der Waals surface area (Å²) >= 11 is 5.72. The number of rotatable bonds is 3. The highest BCUT2D eigenvalue weighted by Crippen LogP contribution is 2.26. The third-order valence-corrected chi connectivity index (χ3v) is 5.13. The molecular formula is C11H13ClN2O3S. The lowest BCUT2D eigenvalue weighted by atomic mass is 10.2. The lowest BCUT2D eigenvalue weighted by molar-refractivity contribution is -0.121. The van der Waals surface area contributed by atoms with Crippen LogP contribution in [-0.2, 0) is 14.8 Å². The molecule has 1 aliphatic heterocycles. The van der Waals surface area contributed by atoms with Gasteiger partial charge in [-0.05, 0) is 37.1 Å². The van der Waals surface area contributed by atoms with Crippen molar-refractivity contribution in [1.82, 2.24) is 4.31 Å². The topological polar surface area (TPSA) is 80.5 Å². The number of hydrogen-bond acceptors (Lipinski definition) is 3. The fourth-order valence-electron chi connectivity index (χ4n) is 2.05. The molecule has 0 aliphatic carbocycles. The van der Waals surface area contributed by atoms with Gasteiger partial charge in [0, 0.05) is 11.6 Å². The highest BCUT2D eigenvalue weighted by Gasteiger charge is 2.38. The maximum atomic E-state index is 12.3. The van der Waals surface area contributed by atoms with E-state index in [0.29, 0.717) is 24.4 Å². The summed E-state index contributed by atoms with van der Waals surface area (Å²) in [4.78, 5) is 11.4. The summed E-state index contributed by atoms with van der Waals surface area (Å²) in [6.07, 6.45) is 1.11. The second-order valence-corrected chi connectivity index (χ2v) is 6.46. The molecule has 5 nitrogen and oxygen atoms in total. The number of benzene rings is 1. The first kappa shape index (κ1) is 13.3. The fraction of sp³-hybridized carbons (Fsp3) is 0.364. The number of sulfonamides is 1. The van der Waals surface area contributed by atoms with Gasteiger partial charge in [-0.2, -0.15) is 4.31 Å². The summed E-state index contributed by atoms with van der Waals surface area (Å²) in [7, 11) is -3.68. The van der Waals surface area contributed by atoms with Gasteiger partial charge in [-0.25, -0.2) is 8.42 Å². The molecule has 0 bridgehead atoms. The quantitative estimate of drug-likeness (QED) is 0.900. The molecule has 1 aliphatic rings. The number of nitrogens with two attached hydrogens (primary N) is 1. The maximum Gasteiger partial charge on any atom is 0.243 e. The lowest BCUT2D eigenvalue weighted by Gasteiger charge is -2.21. The molecule has 1 amide bonds. The van der Waals surface area contributed by atoms with E-state index in [1.165, 1.54) is 28.6 Å². The van der Waals surface area contributed by atoms with E-state index < -0.39 is 22.0 Å². The highest BCUT2D eigenvalue weighted by atomic mass is 35.5. The summed E-state index contributed by atoms with van der Waals surface area (Å²) < 4.78 is 25.8.